The van der Waals surface area contributed by atoms with Crippen molar-refractivity contribution in [2.45, 2.75) is 37.5 Å². The standard InChI is InChI=1S/C14H23N3O2/c1-16-12(4-7-15-16)10-17-8-6-14(5-3-9-19-14)13(11-17)18-2/h4,7,13H,3,5-6,8-11H2,1-2H3/t13-,14-/m0/s1. The number of likely N-dealkylation sites (tertiary alicyclic amines) is 1. The highest BCUT2D eigenvalue weighted by Gasteiger charge is 2.46. The van der Waals surface area contributed by atoms with Crippen LogP contribution in [0.3, 0.4) is 0 Å². The predicted octanol–water partition coefficient (Wildman–Crippen LogP) is 1.19. The summed E-state index contributed by atoms with van der Waals surface area (Å²) in [6, 6.07) is 2.08. The van der Waals surface area contributed by atoms with Gasteiger partial charge in [0.25, 0.3) is 0 Å². The molecule has 0 amide bonds. The summed E-state index contributed by atoms with van der Waals surface area (Å²) in [5.41, 5.74) is 1.23. The molecule has 2 aliphatic rings. The SMILES string of the molecule is CO[C@H]1CN(Cc2ccnn2C)CC[C@@]12CCCO2. The summed E-state index contributed by atoms with van der Waals surface area (Å²) in [6.07, 6.45) is 5.43. The Labute approximate surface area is 114 Å². The van der Waals surface area contributed by atoms with E-state index in [1.807, 2.05) is 25.0 Å². The van der Waals surface area contributed by atoms with Gasteiger partial charge in [0.1, 0.15) is 0 Å². The van der Waals surface area contributed by atoms with Gasteiger partial charge in [0.15, 0.2) is 0 Å². The van der Waals surface area contributed by atoms with Gasteiger partial charge in [-0.05, 0) is 25.3 Å². The zero-order valence-corrected chi connectivity index (χ0v) is 11.8. The van der Waals surface area contributed by atoms with Crippen molar-refractivity contribution in [3.63, 3.8) is 0 Å². The summed E-state index contributed by atoms with van der Waals surface area (Å²) in [6.45, 7) is 3.85. The van der Waals surface area contributed by atoms with Crippen LogP contribution >= 0.6 is 0 Å². The molecule has 0 saturated carbocycles. The number of aromatic nitrogens is 2. The Kier molecular flexibility index (Phi) is 3.60. The maximum absolute atomic E-state index is 6.02. The third-order valence-corrected chi connectivity index (χ3v) is 4.59. The van der Waals surface area contributed by atoms with Gasteiger partial charge in [0.2, 0.25) is 0 Å². The average Bonchev–Trinajstić information content (AvgIpc) is 3.03. The second kappa shape index (κ2) is 5.23. The normalized spacial score (nSPS) is 32.2. The molecule has 1 spiro atoms. The van der Waals surface area contributed by atoms with E-state index >= 15 is 0 Å². The van der Waals surface area contributed by atoms with Gasteiger partial charge in [-0.1, -0.05) is 0 Å². The number of aryl methyl sites for hydroxylation is 1. The zero-order chi connectivity index (χ0) is 13.3. The van der Waals surface area contributed by atoms with Crippen LogP contribution in [0.25, 0.3) is 0 Å². The molecular weight excluding hydrogens is 242 g/mol. The first-order valence-electron chi connectivity index (χ1n) is 7.09. The molecule has 0 N–H and O–H groups in total. The van der Waals surface area contributed by atoms with Gasteiger partial charge in [0.05, 0.1) is 17.4 Å². The van der Waals surface area contributed by atoms with Crippen LogP contribution in [0.5, 0.6) is 0 Å². The first-order chi connectivity index (χ1) is 9.23. The molecule has 1 aromatic rings. The van der Waals surface area contributed by atoms with Crippen molar-refractivity contribution in [3.05, 3.63) is 18.0 Å². The monoisotopic (exact) mass is 265 g/mol. The Bertz CT molecular complexity index is 426. The lowest BCUT2D eigenvalue weighted by atomic mass is 9.86. The van der Waals surface area contributed by atoms with Gasteiger partial charge in [-0.25, -0.2) is 0 Å². The third kappa shape index (κ3) is 2.42. The summed E-state index contributed by atoms with van der Waals surface area (Å²) in [5.74, 6) is 0. The van der Waals surface area contributed by atoms with E-state index in [-0.39, 0.29) is 11.7 Å². The minimum Gasteiger partial charge on any atom is -0.377 e. The molecule has 0 bridgehead atoms. The van der Waals surface area contributed by atoms with Crippen LogP contribution in [0, 0.1) is 0 Å². The summed E-state index contributed by atoms with van der Waals surface area (Å²) >= 11 is 0. The van der Waals surface area contributed by atoms with Crippen LogP contribution in [0.4, 0.5) is 0 Å². The number of ether oxygens (including phenoxy) is 2. The molecule has 3 rings (SSSR count). The highest BCUT2D eigenvalue weighted by atomic mass is 16.5. The molecule has 106 valence electrons. The molecule has 2 atom stereocenters. The van der Waals surface area contributed by atoms with E-state index in [1.165, 1.54) is 12.1 Å². The fourth-order valence-corrected chi connectivity index (χ4v) is 3.39. The molecule has 0 aromatic carbocycles. The van der Waals surface area contributed by atoms with E-state index in [0.717, 1.165) is 39.1 Å². The molecule has 2 saturated heterocycles. The highest BCUT2D eigenvalue weighted by molar-refractivity contribution is 5.03. The molecule has 3 heterocycles. The van der Waals surface area contributed by atoms with E-state index in [0.29, 0.717) is 0 Å². The van der Waals surface area contributed by atoms with Crippen LogP contribution in [-0.2, 0) is 23.1 Å². The van der Waals surface area contributed by atoms with Gasteiger partial charge in [-0.3, -0.25) is 9.58 Å². The molecule has 0 aliphatic carbocycles. The molecular formula is C14H23N3O2. The number of hydrogen-bond acceptors (Lipinski definition) is 4. The van der Waals surface area contributed by atoms with E-state index in [2.05, 4.69) is 16.1 Å². The summed E-state index contributed by atoms with van der Waals surface area (Å²) in [5, 5.41) is 4.23. The molecule has 0 unspecified atom stereocenters. The molecule has 19 heavy (non-hydrogen) atoms. The van der Waals surface area contributed by atoms with Crippen molar-refractivity contribution in [2.24, 2.45) is 7.05 Å². The quantitative estimate of drug-likeness (QED) is 0.823. The van der Waals surface area contributed by atoms with Gasteiger partial charge >= 0.3 is 0 Å². The van der Waals surface area contributed by atoms with E-state index in [1.54, 1.807) is 0 Å². The second-order valence-electron chi connectivity index (χ2n) is 5.67. The molecule has 2 aliphatic heterocycles. The predicted molar refractivity (Wildman–Crippen MR) is 71.8 cm³/mol. The van der Waals surface area contributed by atoms with E-state index in [4.69, 9.17) is 9.47 Å². The largest absolute Gasteiger partial charge is 0.377 e. The lowest BCUT2D eigenvalue weighted by Crippen LogP contribution is -2.55. The Morgan fingerprint density at radius 2 is 2.42 bits per heavy atom. The molecule has 5 nitrogen and oxygen atoms in total. The van der Waals surface area contributed by atoms with Crippen molar-refractivity contribution in [2.75, 3.05) is 26.8 Å². The number of piperidine rings is 1. The topological polar surface area (TPSA) is 39.5 Å². The molecule has 5 heteroatoms. The van der Waals surface area contributed by atoms with Crippen molar-refractivity contribution < 1.29 is 9.47 Å². The number of methoxy groups -OCH3 is 1. The highest BCUT2D eigenvalue weighted by Crippen LogP contribution is 2.37. The van der Waals surface area contributed by atoms with Gasteiger partial charge in [-0.2, -0.15) is 5.10 Å². The first kappa shape index (κ1) is 13.1. The molecule has 1 aromatic heterocycles. The number of nitrogens with zero attached hydrogens (tertiary/aromatic N) is 3. The first-order valence-corrected chi connectivity index (χ1v) is 7.09. The summed E-state index contributed by atoms with van der Waals surface area (Å²) in [7, 11) is 3.80. The van der Waals surface area contributed by atoms with Crippen molar-refractivity contribution in [3.8, 4) is 0 Å². The van der Waals surface area contributed by atoms with Gasteiger partial charge in [-0.15, -0.1) is 0 Å². The molecule has 2 fully saturated rings. The maximum Gasteiger partial charge on any atom is 0.0987 e. The third-order valence-electron chi connectivity index (χ3n) is 4.59. The Hall–Kier alpha value is -0.910. The van der Waals surface area contributed by atoms with E-state index < -0.39 is 0 Å². The van der Waals surface area contributed by atoms with Crippen molar-refractivity contribution in [1.82, 2.24) is 14.7 Å². The van der Waals surface area contributed by atoms with Crippen LogP contribution < -0.4 is 0 Å². The lowest BCUT2D eigenvalue weighted by Gasteiger charge is -2.44. The number of rotatable bonds is 3. The fraction of sp³-hybridized carbons (Fsp3) is 0.786. The average molecular weight is 265 g/mol. The van der Waals surface area contributed by atoms with Crippen LogP contribution in [0.15, 0.2) is 12.3 Å². The Balaban J connectivity index is 1.66. The zero-order valence-electron chi connectivity index (χ0n) is 11.8. The van der Waals surface area contributed by atoms with Crippen LogP contribution in [0.1, 0.15) is 25.0 Å². The minimum absolute atomic E-state index is 0.0162. The van der Waals surface area contributed by atoms with Crippen LogP contribution in [0.2, 0.25) is 0 Å². The fourth-order valence-electron chi connectivity index (χ4n) is 3.39. The van der Waals surface area contributed by atoms with Gasteiger partial charge < -0.3 is 9.47 Å². The van der Waals surface area contributed by atoms with Crippen molar-refractivity contribution in [1.29, 1.82) is 0 Å². The van der Waals surface area contributed by atoms with E-state index in [9.17, 15) is 0 Å². The van der Waals surface area contributed by atoms with Crippen LogP contribution in [-0.4, -0.2) is 53.2 Å². The molecule has 0 radical (unpaired) electrons. The second-order valence-corrected chi connectivity index (χ2v) is 5.67. The minimum atomic E-state index is -0.0162. The summed E-state index contributed by atoms with van der Waals surface area (Å²) in [4.78, 5) is 2.44. The Morgan fingerprint density at radius 1 is 1.53 bits per heavy atom. The van der Waals surface area contributed by atoms with Crippen molar-refractivity contribution >= 4 is 0 Å². The smallest absolute Gasteiger partial charge is 0.0987 e. The van der Waals surface area contributed by atoms with Gasteiger partial charge in [0, 0.05) is 46.6 Å². The maximum atomic E-state index is 6.02. The summed E-state index contributed by atoms with van der Waals surface area (Å²) < 4.78 is 13.7. The lowest BCUT2D eigenvalue weighted by molar-refractivity contribution is -0.143. The number of hydrogen-bond donors (Lipinski definition) is 0. The Morgan fingerprint density at radius 3 is 3.05 bits per heavy atom.